The van der Waals surface area contributed by atoms with Crippen LogP contribution in [0.25, 0.3) is 11.4 Å². The van der Waals surface area contributed by atoms with E-state index < -0.39 is 10.0 Å². The molecule has 2 aromatic rings. The van der Waals surface area contributed by atoms with Gasteiger partial charge in [0.05, 0.1) is 11.9 Å². The summed E-state index contributed by atoms with van der Waals surface area (Å²) in [5, 5.41) is 12.6. The van der Waals surface area contributed by atoms with Crippen LogP contribution in [0.1, 0.15) is 24.2 Å². The largest absolute Gasteiger partial charge is 0.388 e. The number of rotatable bonds is 5. The first-order chi connectivity index (χ1) is 12.3. The van der Waals surface area contributed by atoms with Gasteiger partial charge in [0, 0.05) is 38.6 Å². The van der Waals surface area contributed by atoms with Gasteiger partial charge in [0.25, 0.3) is 0 Å². The molecule has 0 atom stereocenters. The van der Waals surface area contributed by atoms with Crippen molar-refractivity contribution in [1.82, 2.24) is 23.8 Å². The Bertz CT molecular complexity index is 887. The number of aromatic nitrogens is 4. The average molecular weight is 380 g/mol. The standard InChI is InChI=1S/C16H24N6O3S/c1-11-8-17-16(18-12-4-6-22(7-5-12)26(3,24)25)20-15(11)13-9-21(2)14(10-23)19-13/h8-9,12,23H,4-7,10H2,1-3H3,(H,17,18,20). The predicted molar refractivity (Wildman–Crippen MR) is 98.0 cm³/mol. The molecule has 0 spiro atoms. The summed E-state index contributed by atoms with van der Waals surface area (Å²) in [6, 6.07) is 0.125. The summed E-state index contributed by atoms with van der Waals surface area (Å²) >= 11 is 0. The highest BCUT2D eigenvalue weighted by atomic mass is 32.2. The van der Waals surface area contributed by atoms with Gasteiger partial charge in [-0.3, -0.25) is 0 Å². The van der Waals surface area contributed by atoms with Crippen molar-refractivity contribution in [1.29, 1.82) is 0 Å². The molecule has 1 fully saturated rings. The molecule has 9 nitrogen and oxygen atoms in total. The first-order valence-corrected chi connectivity index (χ1v) is 10.3. The average Bonchev–Trinajstić information content (AvgIpc) is 2.97. The molecule has 3 heterocycles. The van der Waals surface area contributed by atoms with Gasteiger partial charge in [-0.15, -0.1) is 0 Å². The summed E-state index contributed by atoms with van der Waals surface area (Å²) in [5.74, 6) is 1.07. The number of hydrogen-bond donors (Lipinski definition) is 2. The fourth-order valence-electron chi connectivity index (χ4n) is 3.05. The van der Waals surface area contributed by atoms with Gasteiger partial charge < -0.3 is 15.0 Å². The van der Waals surface area contributed by atoms with Crippen LogP contribution in [0.4, 0.5) is 5.95 Å². The van der Waals surface area contributed by atoms with E-state index in [1.165, 1.54) is 10.6 Å². The summed E-state index contributed by atoms with van der Waals surface area (Å²) in [6.07, 6.45) is 6.22. The third-order valence-electron chi connectivity index (χ3n) is 4.58. The maximum absolute atomic E-state index is 11.6. The van der Waals surface area contributed by atoms with E-state index in [0.717, 1.165) is 5.56 Å². The summed E-state index contributed by atoms with van der Waals surface area (Å²) in [4.78, 5) is 13.3. The van der Waals surface area contributed by atoms with E-state index in [9.17, 15) is 13.5 Å². The van der Waals surface area contributed by atoms with Crippen LogP contribution >= 0.6 is 0 Å². The Morgan fingerprint density at radius 1 is 1.31 bits per heavy atom. The highest BCUT2D eigenvalue weighted by Gasteiger charge is 2.25. The number of imidazole rings is 1. The monoisotopic (exact) mass is 380 g/mol. The molecule has 1 saturated heterocycles. The molecular weight excluding hydrogens is 356 g/mol. The minimum Gasteiger partial charge on any atom is -0.388 e. The molecule has 3 rings (SSSR count). The van der Waals surface area contributed by atoms with Gasteiger partial charge in [0.1, 0.15) is 18.1 Å². The SMILES string of the molecule is Cc1cnc(NC2CCN(S(C)(=O)=O)CC2)nc1-c1cn(C)c(CO)n1. The summed E-state index contributed by atoms with van der Waals surface area (Å²) in [6.45, 7) is 2.77. The number of hydrogen-bond acceptors (Lipinski definition) is 7. The molecule has 0 bridgehead atoms. The third kappa shape index (κ3) is 4.02. The first-order valence-electron chi connectivity index (χ1n) is 8.46. The Hall–Kier alpha value is -2.04. The van der Waals surface area contributed by atoms with E-state index in [2.05, 4.69) is 20.3 Å². The highest BCUT2D eigenvalue weighted by molar-refractivity contribution is 7.88. The van der Waals surface area contributed by atoms with E-state index in [1.807, 2.05) is 20.2 Å². The Labute approximate surface area is 153 Å². The highest BCUT2D eigenvalue weighted by Crippen LogP contribution is 2.22. The number of anilines is 1. The second-order valence-corrected chi connectivity index (χ2v) is 8.60. The zero-order valence-electron chi connectivity index (χ0n) is 15.2. The summed E-state index contributed by atoms with van der Waals surface area (Å²) in [7, 11) is -1.30. The number of piperidine rings is 1. The molecule has 0 aliphatic carbocycles. The van der Waals surface area contributed by atoms with Crippen LogP contribution in [0.2, 0.25) is 0 Å². The lowest BCUT2D eigenvalue weighted by Crippen LogP contribution is -2.42. The Morgan fingerprint density at radius 2 is 2.00 bits per heavy atom. The van der Waals surface area contributed by atoms with Crippen LogP contribution in [0, 0.1) is 6.92 Å². The molecular formula is C16H24N6O3S. The number of aliphatic hydroxyl groups is 1. The predicted octanol–water partition coefficient (Wildman–Crippen LogP) is 0.514. The zero-order valence-corrected chi connectivity index (χ0v) is 16.0. The second-order valence-electron chi connectivity index (χ2n) is 6.62. The van der Waals surface area contributed by atoms with E-state index >= 15 is 0 Å². The fraction of sp³-hybridized carbons (Fsp3) is 0.562. The lowest BCUT2D eigenvalue weighted by molar-refractivity contribution is 0.267. The molecule has 26 heavy (non-hydrogen) atoms. The van der Waals surface area contributed by atoms with E-state index in [1.54, 1.807) is 10.8 Å². The van der Waals surface area contributed by atoms with Gasteiger partial charge in [-0.2, -0.15) is 0 Å². The van der Waals surface area contributed by atoms with Crippen molar-refractivity contribution >= 4 is 16.0 Å². The number of nitrogens with zero attached hydrogens (tertiary/aromatic N) is 5. The summed E-state index contributed by atoms with van der Waals surface area (Å²) < 4.78 is 26.5. The molecule has 1 aliphatic heterocycles. The quantitative estimate of drug-likeness (QED) is 0.777. The Kier molecular flexibility index (Phi) is 5.26. The van der Waals surface area contributed by atoms with Crippen molar-refractivity contribution in [2.24, 2.45) is 7.05 Å². The van der Waals surface area contributed by atoms with Crippen molar-refractivity contribution in [3.05, 3.63) is 23.8 Å². The molecule has 0 unspecified atom stereocenters. The number of nitrogens with one attached hydrogen (secondary N) is 1. The van der Waals surface area contributed by atoms with Crippen molar-refractivity contribution < 1.29 is 13.5 Å². The Morgan fingerprint density at radius 3 is 2.58 bits per heavy atom. The molecule has 1 aliphatic rings. The lowest BCUT2D eigenvalue weighted by atomic mass is 10.1. The Balaban J connectivity index is 1.74. The zero-order chi connectivity index (χ0) is 18.9. The van der Waals surface area contributed by atoms with Crippen LogP contribution in [-0.2, 0) is 23.7 Å². The van der Waals surface area contributed by atoms with Gasteiger partial charge in [-0.25, -0.2) is 27.7 Å². The first kappa shape index (κ1) is 18.7. The lowest BCUT2D eigenvalue weighted by Gasteiger charge is -2.30. The van der Waals surface area contributed by atoms with Gasteiger partial charge >= 0.3 is 0 Å². The van der Waals surface area contributed by atoms with E-state index in [-0.39, 0.29) is 12.6 Å². The number of aryl methyl sites for hydroxylation is 2. The fourth-order valence-corrected chi connectivity index (χ4v) is 3.93. The molecule has 0 radical (unpaired) electrons. The van der Waals surface area contributed by atoms with Gasteiger partial charge in [-0.1, -0.05) is 0 Å². The topological polar surface area (TPSA) is 113 Å². The maximum Gasteiger partial charge on any atom is 0.223 e. The molecule has 10 heteroatoms. The molecule has 2 N–H and O–H groups in total. The van der Waals surface area contributed by atoms with Crippen LogP contribution in [-0.4, -0.2) is 62.7 Å². The van der Waals surface area contributed by atoms with E-state index in [4.69, 9.17) is 0 Å². The van der Waals surface area contributed by atoms with Crippen molar-refractivity contribution in [2.45, 2.75) is 32.4 Å². The molecule has 0 aromatic carbocycles. The van der Waals surface area contributed by atoms with Crippen LogP contribution in [0.15, 0.2) is 12.4 Å². The smallest absolute Gasteiger partial charge is 0.223 e. The number of sulfonamides is 1. The molecule has 142 valence electrons. The maximum atomic E-state index is 11.6. The second kappa shape index (κ2) is 7.29. The van der Waals surface area contributed by atoms with Gasteiger partial charge in [0.15, 0.2) is 0 Å². The van der Waals surface area contributed by atoms with Crippen molar-refractivity contribution in [3.8, 4) is 11.4 Å². The molecule has 0 saturated carbocycles. The molecule has 0 amide bonds. The van der Waals surface area contributed by atoms with E-state index in [0.29, 0.717) is 49.1 Å². The van der Waals surface area contributed by atoms with Crippen LogP contribution < -0.4 is 5.32 Å². The normalized spacial score (nSPS) is 16.8. The van der Waals surface area contributed by atoms with Crippen LogP contribution in [0.3, 0.4) is 0 Å². The van der Waals surface area contributed by atoms with Gasteiger partial charge in [0.2, 0.25) is 16.0 Å². The third-order valence-corrected chi connectivity index (χ3v) is 5.89. The van der Waals surface area contributed by atoms with Crippen LogP contribution in [0.5, 0.6) is 0 Å². The van der Waals surface area contributed by atoms with Crippen molar-refractivity contribution in [3.63, 3.8) is 0 Å². The summed E-state index contributed by atoms with van der Waals surface area (Å²) in [5.41, 5.74) is 2.29. The number of aliphatic hydroxyl groups excluding tert-OH is 1. The van der Waals surface area contributed by atoms with Gasteiger partial charge in [-0.05, 0) is 25.3 Å². The minimum atomic E-state index is -3.13. The minimum absolute atomic E-state index is 0.125. The van der Waals surface area contributed by atoms with Crippen molar-refractivity contribution in [2.75, 3.05) is 24.7 Å². The molecule has 2 aromatic heterocycles.